The molecule has 0 aliphatic carbocycles. The van der Waals surface area contributed by atoms with E-state index in [2.05, 4.69) is 33.0 Å². The van der Waals surface area contributed by atoms with Gasteiger partial charge in [0.1, 0.15) is 0 Å². The van der Waals surface area contributed by atoms with Gasteiger partial charge in [-0.3, -0.25) is 4.79 Å². The van der Waals surface area contributed by atoms with Crippen LogP contribution in [0.15, 0.2) is 42.5 Å². The van der Waals surface area contributed by atoms with Crippen LogP contribution in [0.2, 0.25) is 0 Å². The summed E-state index contributed by atoms with van der Waals surface area (Å²) >= 11 is 0. The quantitative estimate of drug-likeness (QED) is 0.793. The van der Waals surface area contributed by atoms with Gasteiger partial charge in [0.25, 0.3) is 0 Å². The molecule has 0 unspecified atom stereocenters. The summed E-state index contributed by atoms with van der Waals surface area (Å²) < 4.78 is 0. The number of para-hydroxylation sites is 1. The highest BCUT2D eigenvalue weighted by Gasteiger charge is 2.16. The molecule has 2 rings (SSSR count). The van der Waals surface area contributed by atoms with E-state index in [1.807, 2.05) is 18.2 Å². The molecule has 25 heavy (non-hydrogen) atoms. The molecule has 2 N–H and O–H groups in total. The average Bonchev–Trinajstić information content (AvgIpc) is 2.54. The van der Waals surface area contributed by atoms with Crippen LogP contribution < -0.4 is 5.32 Å². The highest BCUT2D eigenvalue weighted by molar-refractivity contribution is 5.94. The topological polar surface area (TPSA) is 66.4 Å². The van der Waals surface area contributed by atoms with Crippen molar-refractivity contribution in [2.45, 2.75) is 46.0 Å². The molecule has 0 radical (unpaired) electrons. The maximum Gasteiger partial charge on any atom is 0.335 e. The Hall–Kier alpha value is -2.62. The first-order valence-corrected chi connectivity index (χ1v) is 8.54. The molecule has 2 aromatic rings. The van der Waals surface area contributed by atoms with Crippen LogP contribution in [0.25, 0.3) is 0 Å². The van der Waals surface area contributed by atoms with Crippen LogP contribution in [0.4, 0.5) is 5.69 Å². The zero-order valence-corrected chi connectivity index (χ0v) is 15.2. The smallest absolute Gasteiger partial charge is 0.335 e. The van der Waals surface area contributed by atoms with Crippen LogP contribution in [-0.2, 0) is 11.2 Å². The summed E-state index contributed by atoms with van der Waals surface area (Å²) in [5.74, 6) is -0.450. The van der Waals surface area contributed by atoms with Gasteiger partial charge in [-0.1, -0.05) is 58.0 Å². The molecule has 0 aliphatic rings. The van der Waals surface area contributed by atoms with Gasteiger partial charge in [0.15, 0.2) is 0 Å². The maximum atomic E-state index is 12.5. The highest BCUT2D eigenvalue weighted by atomic mass is 16.4. The molecule has 0 atom stereocenters. The lowest BCUT2D eigenvalue weighted by Gasteiger charge is -2.20. The monoisotopic (exact) mass is 339 g/mol. The summed E-state index contributed by atoms with van der Waals surface area (Å²) in [4.78, 5) is 23.4. The molecule has 0 saturated heterocycles. The standard InChI is InChI=1S/C21H25NO3/c1-13(2)17-6-5-7-18(14(3)4)20(17)22-19(23)12-15-8-10-16(11-9-15)21(24)25/h5-11,13-14H,12H2,1-4H3,(H,22,23)(H,24,25). The van der Waals surface area contributed by atoms with Crippen LogP contribution in [0.3, 0.4) is 0 Å². The Morgan fingerprint density at radius 1 is 0.920 bits per heavy atom. The third-order valence-corrected chi connectivity index (χ3v) is 4.20. The van der Waals surface area contributed by atoms with Crippen molar-refractivity contribution in [2.24, 2.45) is 0 Å². The second kappa shape index (κ2) is 7.97. The molecule has 0 bridgehead atoms. The SMILES string of the molecule is CC(C)c1cccc(C(C)C)c1NC(=O)Cc1ccc(C(=O)O)cc1. The Balaban J connectivity index is 2.21. The predicted octanol–water partition coefficient (Wildman–Crippen LogP) is 4.81. The van der Waals surface area contributed by atoms with Crippen molar-refractivity contribution >= 4 is 17.6 Å². The summed E-state index contributed by atoms with van der Waals surface area (Å²) in [5.41, 5.74) is 4.16. The van der Waals surface area contributed by atoms with Gasteiger partial charge in [-0.2, -0.15) is 0 Å². The fraction of sp³-hybridized carbons (Fsp3) is 0.333. The van der Waals surface area contributed by atoms with Crippen molar-refractivity contribution in [3.8, 4) is 0 Å². The number of anilines is 1. The first kappa shape index (κ1) is 18.7. The average molecular weight is 339 g/mol. The van der Waals surface area contributed by atoms with E-state index in [1.165, 1.54) is 12.1 Å². The molecular weight excluding hydrogens is 314 g/mol. The van der Waals surface area contributed by atoms with Crippen molar-refractivity contribution in [3.63, 3.8) is 0 Å². The van der Waals surface area contributed by atoms with Gasteiger partial charge in [0.05, 0.1) is 12.0 Å². The normalized spacial score (nSPS) is 11.0. The van der Waals surface area contributed by atoms with Gasteiger partial charge >= 0.3 is 5.97 Å². The number of carboxylic acids is 1. The van der Waals surface area contributed by atoms with E-state index in [9.17, 15) is 9.59 Å². The number of nitrogens with one attached hydrogen (secondary N) is 1. The van der Waals surface area contributed by atoms with Crippen molar-refractivity contribution in [1.29, 1.82) is 0 Å². The number of benzene rings is 2. The molecular formula is C21H25NO3. The largest absolute Gasteiger partial charge is 0.478 e. The van der Waals surface area contributed by atoms with Crippen LogP contribution in [0.1, 0.15) is 66.6 Å². The van der Waals surface area contributed by atoms with Crippen LogP contribution >= 0.6 is 0 Å². The number of hydrogen-bond donors (Lipinski definition) is 2. The summed E-state index contributed by atoms with van der Waals surface area (Å²) in [5, 5.41) is 12.0. The molecule has 1 amide bonds. The van der Waals surface area contributed by atoms with E-state index in [1.54, 1.807) is 12.1 Å². The number of aromatic carboxylic acids is 1. The Kier molecular flexibility index (Phi) is 5.97. The van der Waals surface area contributed by atoms with Crippen molar-refractivity contribution in [1.82, 2.24) is 0 Å². The minimum absolute atomic E-state index is 0.0990. The van der Waals surface area contributed by atoms with Crippen molar-refractivity contribution in [2.75, 3.05) is 5.32 Å². The van der Waals surface area contributed by atoms with Crippen LogP contribution in [0.5, 0.6) is 0 Å². The predicted molar refractivity (Wildman–Crippen MR) is 100 cm³/mol. The van der Waals surface area contributed by atoms with E-state index in [0.29, 0.717) is 11.8 Å². The second-order valence-electron chi connectivity index (χ2n) is 6.85. The van der Waals surface area contributed by atoms with Gasteiger partial charge in [0, 0.05) is 5.69 Å². The zero-order valence-electron chi connectivity index (χ0n) is 15.2. The molecule has 132 valence electrons. The van der Waals surface area contributed by atoms with Gasteiger partial charge in [-0.05, 0) is 40.7 Å². The Labute approximate surface area is 148 Å². The van der Waals surface area contributed by atoms with Gasteiger partial charge in [-0.15, -0.1) is 0 Å². The molecule has 0 aliphatic heterocycles. The number of amides is 1. The molecule has 0 fully saturated rings. The Morgan fingerprint density at radius 2 is 1.44 bits per heavy atom. The third-order valence-electron chi connectivity index (χ3n) is 4.20. The fourth-order valence-corrected chi connectivity index (χ4v) is 2.83. The van der Waals surface area contributed by atoms with Gasteiger partial charge < -0.3 is 10.4 Å². The Morgan fingerprint density at radius 3 is 1.88 bits per heavy atom. The minimum atomic E-state index is -0.969. The van der Waals surface area contributed by atoms with Crippen molar-refractivity contribution < 1.29 is 14.7 Å². The van der Waals surface area contributed by atoms with Gasteiger partial charge in [0.2, 0.25) is 5.91 Å². The third kappa shape index (κ3) is 4.69. The van der Waals surface area contributed by atoms with Crippen LogP contribution in [0, 0.1) is 0 Å². The lowest BCUT2D eigenvalue weighted by molar-refractivity contribution is -0.115. The second-order valence-corrected chi connectivity index (χ2v) is 6.85. The minimum Gasteiger partial charge on any atom is -0.478 e. The fourth-order valence-electron chi connectivity index (χ4n) is 2.83. The Bertz CT molecular complexity index is 735. The summed E-state index contributed by atoms with van der Waals surface area (Å²) in [7, 11) is 0. The van der Waals surface area contributed by atoms with E-state index in [0.717, 1.165) is 22.4 Å². The molecule has 4 heteroatoms. The molecule has 0 saturated carbocycles. The lowest BCUT2D eigenvalue weighted by atomic mass is 9.92. The van der Waals surface area contributed by atoms with Crippen LogP contribution in [-0.4, -0.2) is 17.0 Å². The van der Waals surface area contributed by atoms with E-state index in [4.69, 9.17) is 5.11 Å². The maximum absolute atomic E-state index is 12.5. The van der Waals surface area contributed by atoms with E-state index >= 15 is 0 Å². The number of rotatable bonds is 6. The first-order valence-electron chi connectivity index (χ1n) is 8.54. The summed E-state index contributed by atoms with van der Waals surface area (Å²) in [6.45, 7) is 8.44. The molecule has 4 nitrogen and oxygen atoms in total. The number of carbonyl (C=O) groups excluding carboxylic acids is 1. The first-order chi connectivity index (χ1) is 11.8. The number of carboxylic acid groups (broad SMARTS) is 1. The molecule has 0 heterocycles. The molecule has 2 aromatic carbocycles. The summed E-state index contributed by atoms with van der Waals surface area (Å²) in [6, 6.07) is 12.5. The van der Waals surface area contributed by atoms with E-state index < -0.39 is 5.97 Å². The number of hydrogen-bond acceptors (Lipinski definition) is 2. The highest BCUT2D eigenvalue weighted by Crippen LogP contribution is 2.32. The molecule has 0 spiro atoms. The summed E-state index contributed by atoms with van der Waals surface area (Å²) in [6.07, 6.45) is 0.212. The van der Waals surface area contributed by atoms with Gasteiger partial charge in [-0.25, -0.2) is 4.79 Å². The zero-order chi connectivity index (χ0) is 18.6. The molecule has 0 aromatic heterocycles. The van der Waals surface area contributed by atoms with Crippen molar-refractivity contribution in [3.05, 3.63) is 64.7 Å². The van der Waals surface area contributed by atoms with E-state index in [-0.39, 0.29) is 17.9 Å². The number of carbonyl (C=O) groups is 2. The lowest BCUT2D eigenvalue weighted by Crippen LogP contribution is -2.18.